The Balaban J connectivity index is 0.00000729. The minimum Gasteiger partial charge on any atom is -0.492 e. The van der Waals surface area contributed by atoms with Gasteiger partial charge in [-0.1, -0.05) is 32.9 Å². The molecule has 0 saturated heterocycles. The molecule has 6 nitrogen and oxygen atoms in total. The Morgan fingerprint density at radius 1 is 1.21 bits per heavy atom. The Morgan fingerprint density at radius 2 is 1.93 bits per heavy atom. The number of halogens is 1. The molecule has 0 saturated carbocycles. The lowest BCUT2D eigenvalue weighted by Gasteiger charge is -2.30. The van der Waals surface area contributed by atoms with E-state index in [0.29, 0.717) is 19.7 Å². The van der Waals surface area contributed by atoms with Gasteiger partial charge in [-0.05, 0) is 44.1 Å². The molecule has 0 heterocycles. The van der Waals surface area contributed by atoms with Crippen molar-refractivity contribution in [2.45, 2.75) is 40.3 Å². The molecule has 0 spiro atoms. The average molecular weight is 506 g/mol. The van der Waals surface area contributed by atoms with Crippen LogP contribution >= 0.6 is 24.0 Å². The molecule has 0 amide bonds. The number of ether oxygens (including phenoxy) is 2. The lowest BCUT2D eigenvalue weighted by molar-refractivity contribution is 0.0205. The van der Waals surface area contributed by atoms with Crippen LogP contribution in [0, 0.1) is 5.41 Å². The van der Waals surface area contributed by atoms with E-state index < -0.39 is 0 Å². The Kier molecular flexibility index (Phi) is 13.5. The summed E-state index contributed by atoms with van der Waals surface area (Å²) < 4.78 is 11.4. The SMILES string of the molecule is CCNC(=NCc1cccc(OCCN(C)C)c1)NCC(OC)C(C)(C)C.I. The molecule has 1 aromatic rings. The van der Waals surface area contributed by atoms with E-state index in [4.69, 9.17) is 14.5 Å². The van der Waals surface area contributed by atoms with Gasteiger partial charge in [0.25, 0.3) is 0 Å². The van der Waals surface area contributed by atoms with E-state index in [9.17, 15) is 0 Å². The van der Waals surface area contributed by atoms with E-state index in [1.165, 1.54) is 0 Å². The van der Waals surface area contributed by atoms with Crippen molar-refractivity contribution in [2.75, 3.05) is 47.4 Å². The summed E-state index contributed by atoms with van der Waals surface area (Å²) in [6.45, 7) is 12.3. The normalized spacial score (nSPS) is 13.1. The van der Waals surface area contributed by atoms with Crippen LogP contribution in [0.3, 0.4) is 0 Å². The third-order valence-electron chi connectivity index (χ3n) is 4.17. The fraction of sp³-hybridized carbons (Fsp3) is 0.667. The standard InChI is InChI=1S/C21H38N4O2.HI/c1-8-22-20(24-16-19(26-7)21(2,3)4)23-15-17-10-9-11-18(14-17)27-13-12-25(5)6;/h9-11,14,19H,8,12-13,15-16H2,1-7H3,(H2,22,23,24);1H. The van der Waals surface area contributed by atoms with E-state index in [1.807, 2.05) is 26.2 Å². The van der Waals surface area contributed by atoms with Gasteiger partial charge >= 0.3 is 0 Å². The first-order valence-corrected chi connectivity index (χ1v) is 9.67. The maximum atomic E-state index is 5.80. The highest BCUT2D eigenvalue weighted by atomic mass is 127. The van der Waals surface area contributed by atoms with Crippen LogP contribution in [0.25, 0.3) is 0 Å². The molecule has 0 aliphatic carbocycles. The van der Waals surface area contributed by atoms with E-state index in [2.05, 4.69) is 55.4 Å². The monoisotopic (exact) mass is 506 g/mol. The summed E-state index contributed by atoms with van der Waals surface area (Å²) in [6, 6.07) is 8.12. The summed E-state index contributed by atoms with van der Waals surface area (Å²) in [7, 11) is 5.83. The fourth-order valence-corrected chi connectivity index (χ4v) is 2.52. The second kappa shape index (κ2) is 14.0. The maximum Gasteiger partial charge on any atom is 0.191 e. The van der Waals surface area contributed by atoms with Gasteiger partial charge in [0.2, 0.25) is 0 Å². The van der Waals surface area contributed by atoms with Gasteiger partial charge in [-0.3, -0.25) is 0 Å². The number of benzene rings is 1. The average Bonchev–Trinajstić information content (AvgIpc) is 2.59. The quantitative estimate of drug-likeness (QED) is 0.290. The maximum absolute atomic E-state index is 5.80. The lowest BCUT2D eigenvalue weighted by atomic mass is 9.89. The van der Waals surface area contributed by atoms with E-state index in [1.54, 1.807) is 7.11 Å². The number of hydrogen-bond donors (Lipinski definition) is 2. The van der Waals surface area contributed by atoms with E-state index >= 15 is 0 Å². The molecule has 1 unspecified atom stereocenters. The fourth-order valence-electron chi connectivity index (χ4n) is 2.52. The number of guanidine groups is 1. The highest BCUT2D eigenvalue weighted by molar-refractivity contribution is 14.0. The van der Waals surface area contributed by atoms with Crippen LogP contribution in [0.1, 0.15) is 33.3 Å². The number of likely N-dealkylation sites (N-methyl/N-ethyl adjacent to an activating group) is 1. The van der Waals surface area contributed by atoms with Crippen LogP contribution < -0.4 is 15.4 Å². The Bertz CT molecular complexity index is 574. The molecule has 0 bridgehead atoms. The zero-order valence-electron chi connectivity index (χ0n) is 18.5. The smallest absolute Gasteiger partial charge is 0.191 e. The molecule has 7 heteroatoms. The second-order valence-electron chi connectivity index (χ2n) is 7.97. The predicted molar refractivity (Wildman–Crippen MR) is 129 cm³/mol. The van der Waals surface area contributed by atoms with Crippen molar-refractivity contribution in [3.8, 4) is 5.75 Å². The van der Waals surface area contributed by atoms with Gasteiger partial charge in [-0.2, -0.15) is 0 Å². The first-order chi connectivity index (χ1) is 12.8. The molecular formula is C21H39IN4O2. The van der Waals surface area contributed by atoms with Crippen LogP contribution in [-0.4, -0.2) is 64.4 Å². The van der Waals surface area contributed by atoms with Gasteiger partial charge in [-0.15, -0.1) is 24.0 Å². The number of aliphatic imine (C=N–C) groups is 1. The highest BCUT2D eigenvalue weighted by Crippen LogP contribution is 2.21. The molecule has 0 aromatic heterocycles. The third kappa shape index (κ3) is 11.1. The molecule has 0 radical (unpaired) electrons. The van der Waals surface area contributed by atoms with Crippen molar-refractivity contribution in [2.24, 2.45) is 10.4 Å². The van der Waals surface area contributed by atoms with Crippen molar-refractivity contribution in [3.63, 3.8) is 0 Å². The molecule has 162 valence electrons. The first-order valence-electron chi connectivity index (χ1n) is 9.67. The molecular weight excluding hydrogens is 467 g/mol. The lowest BCUT2D eigenvalue weighted by Crippen LogP contribution is -2.45. The Hall–Kier alpha value is -1.06. The molecule has 0 aliphatic rings. The topological polar surface area (TPSA) is 58.1 Å². The van der Waals surface area contributed by atoms with Crippen molar-refractivity contribution in [1.82, 2.24) is 15.5 Å². The number of rotatable bonds is 10. The summed E-state index contributed by atoms with van der Waals surface area (Å²) >= 11 is 0. The second-order valence-corrected chi connectivity index (χ2v) is 7.97. The Morgan fingerprint density at radius 3 is 2.50 bits per heavy atom. The number of nitrogens with one attached hydrogen (secondary N) is 2. The zero-order valence-corrected chi connectivity index (χ0v) is 20.9. The van der Waals surface area contributed by atoms with Crippen LogP contribution in [0.15, 0.2) is 29.3 Å². The van der Waals surface area contributed by atoms with Crippen LogP contribution in [0.5, 0.6) is 5.75 Å². The number of nitrogens with zero attached hydrogens (tertiary/aromatic N) is 2. The van der Waals surface area contributed by atoms with Crippen molar-refractivity contribution in [3.05, 3.63) is 29.8 Å². The summed E-state index contributed by atoms with van der Waals surface area (Å²) in [6.07, 6.45) is 0.106. The minimum atomic E-state index is 0. The summed E-state index contributed by atoms with van der Waals surface area (Å²) in [5.41, 5.74) is 1.19. The molecule has 0 aliphatic heterocycles. The van der Waals surface area contributed by atoms with Crippen LogP contribution in [-0.2, 0) is 11.3 Å². The number of hydrogen-bond acceptors (Lipinski definition) is 4. The zero-order chi connectivity index (χ0) is 20.3. The summed E-state index contributed by atoms with van der Waals surface area (Å²) in [5, 5.41) is 6.68. The van der Waals surface area contributed by atoms with Crippen LogP contribution in [0.4, 0.5) is 0 Å². The molecule has 1 atom stereocenters. The van der Waals surface area contributed by atoms with Crippen molar-refractivity contribution >= 4 is 29.9 Å². The largest absolute Gasteiger partial charge is 0.492 e. The molecule has 0 fully saturated rings. The summed E-state index contributed by atoms with van der Waals surface area (Å²) in [4.78, 5) is 6.80. The van der Waals surface area contributed by atoms with Crippen molar-refractivity contribution in [1.29, 1.82) is 0 Å². The Labute approximate surface area is 188 Å². The van der Waals surface area contributed by atoms with Gasteiger partial charge in [0.05, 0.1) is 12.6 Å². The highest BCUT2D eigenvalue weighted by Gasteiger charge is 2.24. The summed E-state index contributed by atoms with van der Waals surface area (Å²) in [5.74, 6) is 1.68. The van der Waals surface area contributed by atoms with Gasteiger partial charge in [0.15, 0.2) is 5.96 Å². The van der Waals surface area contributed by atoms with Gasteiger partial charge in [0.1, 0.15) is 12.4 Å². The first kappa shape index (κ1) is 26.9. The molecule has 1 aromatic carbocycles. The molecule has 1 rings (SSSR count). The van der Waals surface area contributed by atoms with Crippen molar-refractivity contribution < 1.29 is 9.47 Å². The molecule has 28 heavy (non-hydrogen) atoms. The van der Waals surface area contributed by atoms with E-state index in [0.717, 1.165) is 30.4 Å². The minimum absolute atomic E-state index is 0. The molecule has 2 N–H and O–H groups in total. The third-order valence-corrected chi connectivity index (χ3v) is 4.17. The van der Waals surface area contributed by atoms with Gasteiger partial charge in [-0.25, -0.2) is 4.99 Å². The number of methoxy groups -OCH3 is 1. The van der Waals surface area contributed by atoms with Crippen LogP contribution in [0.2, 0.25) is 0 Å². The van der Waals surface area contributed by atoms with E-state index in [-0.39, 0.29) is 35.5 Å². The van der Waals surface area contributed by atoms with Gasteiger partial charge in [0, 0.05) is 26.7 Å². The predicted octanol–water partition coefficient (Wildman–Crippen LogP) is 3.36. The van der Waals surface area contributed by atoms with Gasteiger partial charge < -0.3 is 25.0 Å².